The van der Waals surface area contributed by atoms with Crippen LogP contribution >= 0.6 is 11.6 Å². The van der Waals surface area contributed by atoms with Gasteiger partial charge in [0.1, 0.15) is 0 Å². The first kappa shape index (κ1) is 16.2. The number of nitrogens with zero attached hydrogens (tertiary/aromatic N) is 1. The van der Waals surface area contributed by atoms with Crippen molar-refractivity contribution in [1.29, 1.82) is 0 Å². The van der Waals surface area contributed by atoms with Crippen LogP contribution in [0.3, 0.4) is 0 Å². The van der Waals surface area contributed by atoms with Crippen molar-refractivity contribution in [1.82, 2.24) is 0 Å². The summed E-state index contributed by atoms with van der Waals surface area (Å²) in [5.41, 5.74) is 1.94. The van der Waals surface area contributed by atoms with E-state index in [1.807, 2.05) is 42.5 Å². The van der Waals surface area contributed by atoms with E-state index in [9.17, 15) is 4.79 Å². The van der Waals surface area contributed by atoms with Gasteiger partial charge in [-0.15, -0.1) is 0 Å². The van der Waals surface area contributed by atoms with Crippen LogP contribution in [0.25, 0.3) is 0 Å². The van der Waals surface area contributed by atoms with E-state index in [-0.39, 0.29) is 5.97 Å². The molecule has 0 bridgehead atoms. The summed E-state index contributed by atoms with van der Waals surface area (Å²) in [5, 5.41) is 0.670. The summed E-state index contributed by atoms with van der Waals surface area (Å²) < 4.78 is 5.11. The minimum absolute atomic E-state index is 0.309. The van der Waals surface area contributed by atoms with Crippen LogP contribution in [-0.4, -0.2) is 24.8 Å². The largest absolute Gasteiger partial charge is 0.464 e. The monoisotopic (exact) mass is 315 g/mol. The minimum Gasteiger partial charge on any atom is -0.464 e. The van der Waals surface area contributed by atoms with Gasteiger partial charge in [0.25, 0.3) is 0 Å². The van der Waals surface area contributed by atoms with Gasteiger partial charge in [0.2, 0.25) is 0 Å². The lowest BCUT2D eigenvalue weighted by Gasteiger charge is -2.11. The number of halogens is 1. The molecule has 0 aliphatic rings. The molecule has 0 aromatic heterocycles. The van der Waals surface area contributed by atoms with E-state index in [4.69, 9.17) is 16.3 Å². The molecule has 1 atom stereocenters. The number of esters is 1. The van der Waals surface area contributed by atoms with Gasteiger partial charge in [0.15, 0.2) is 6.04 Å². The number of carbonyl (C=O) groups excluding carboxylic acids is 1. The van der Waals surface area contributed by atoms with E-state index in [1.165, 1.54) is 0 Å². The number of carbonyl (C=O) groups is 1. The number of rotatable bonds is 6. The summed E-state index contributed by atoms with van der Waals surface area (Å²) in [7, 11) is 0. The van der Waals surface area contributed by atoms with Crippen LogP contribution < -0.4 is 0 Å². The average Bonchev–Trinajstić information content (AvgIpc) is 2.54. The highest BCUT2D eigenvalue weighted by Crippen LogP contribution is 2.10. The smallest absolute Gasteiger partial charge is 0.331 e. The topological polar surface area (TPSA) is 38.7 Å². The molecule has 0 unspecified atom stereocenters. The minimum atomic E-state index is -0.543. The summed E-state index contributed by atoms with van der Waals surface area (Å²) in [6, 6.07) is 16.5. The molecule has 0 spiro atoms. The Morgan fingerprint density at radius 3 is 2.50 bits per heavy atom. The Morgan fingerprint density at radius 2 is 1.86 bits per heavy atom. The summed E-state index contributed by atoms with van der Waals surface area (Å²) in [6.07, 6.45) is 2.20. The first-order valence-electron chi connectivity index (χ1n) is 7.18. The lowest BCUT2D eigenvalue weighted by Crippen LogP contribution is -2.24. The molecule has 0 aliphatic heterocycles. The second-order valence-electron chi connectivity index (χ2n) is 4.79. The summed E-state index contributed by atoms with van der Waals surface area (Å²) in [6.45, 7) is 2.14. The van der Waals surface area contributed by atoms with Crippen LogP contribution in [0.4, 0.5) is 0 Å². The van der Waals surface area contributed by atoms with Gasteiger partial charge >= 0.3 is 5.97 Å². The summed E-state index contributed by atoms with van der Waals surface area (Å²) >= 11 is 5.85. The molecule has 0 saturated heterocycles. The van der Waals surface area contributed by atoms with Gasteiger partial charge in [0.05, 0.1) is 6.61 Å². The molecule has 2 aromatic carbocycles. The van der Waals surface area contributed by atoms with E-state index in [0.29, 0.717) is 18.1 Å². The molecule has 2 aromatic rings. The second kappa shape index (κ2) is 8.35. The molecule has 22 heavy (non-hydrogen) atoms. The Morgan fingerprint density at radius 1 is 1.18 bits per heavy atom. The van der Waals surface area contributed by atoms with Crippen LogP contribution in [0.15, 0.2) is 59.6 Å². The van der Waals surface area contributed by atoms with Gasteiger partial charge in [-0.1, -0.05) is 54.1 Å². The third-order valence-electron chi connectivity index (χ3n) is 3.10. The van der Waals surface area contributed by atoms with E-state index in [2.05, 4.69) is 4.99 Å². The predicted octanol–water partition coefficient (Wildman–Crippen LogP) is 3.93. The van der Waals surface area contributed by atoms with Crippen molar-refractivity contribution in [3.63, 3.8) is 0 Å². The van der Waals surface area contributed by atoms with Crippen LogP contribution in [0, 0.1) is 0 Å². The van der Waals surface area contributed by atoms with Crippen molar-refractivity contribution >= 4 is 23.8 Å². The number of hydrogen-bond donors (Lipinski definition) is 0. The fourth-order valence-electron chi connectivity index (χ4n) is 2.00. The molecule has 0 saturated carbocycles. The zero-order valence-corrected chi connectivity index (χ0v) is 13.2. The predicted molar refractivity (Wildman–Crippen MR) is 89.6 cm³/mol. The lowest BCUT2D eigenvalue weighted by molar-refractivity contribution is -0.144. The Labute approximate surface area is 135 Å². The first-order valence-corrected chi connectivity index (χ1v) is 7.56. The fourth-order valence-corrected chi connectivity index (χ4v) is 2.12. The Balaban J connectivity index is 2.13. The van der Waals surface area contributed by atoms with Crippen LogP contribution in [-0.2, 0) is 16.0 Å². The quantitative estimate of drug-likeness (QED) is 0.598. The van der Waals surface area contributed by atoms with Crippen molar-refractivity contribution in [3.8, 4) is 0 Å². The molecule has 0 heterocycles. The van der Waals surface area contributed by atoms with Crippen molar-refractivity contribution in [2.45, 2.75) is 19.4 Å². The van der Waals surface area contributed by atoms with E-state index >= 15 is 0 Å². The highest BCUT2D eigenvalue weighted by Gasteiger charge is 2.18. The van der Waals surface area contributed by atoms with Crippen LogP contribution in [0.2, 0.25) is 5.02 Å². The second-order valence-corrected chi connectivity index (χ2v) is 5.22. The fraction of sp³-hybridized carbons (Fsp3) is 0.222. The zero-order chi connectivity index (χ0) is 15.8. The van der Waals surface area contributed by atoms with Crippen molar-refractivity contribution in [2.75, 3.05) is 6.61 Å². The maximum atomic E-state index is 12.1. The van der Waals surface area contributed by atoms with E-state index in [0.717, 1.165) is 11.1 Å². The Kier molecular flexibility index (Phi) is 6.16. The molecule has 0 N–H and O–H groups in total. The summed E-state index contributed by atoms with van der Waals surface area (Å²) in [5.74, 6) is -0.309. The third-order valence-corrected chi connectivity index (χ3v) is 3.36. The van der Waals surface area contributed by atoms with E-state index in [1.54, 1.807) is 25.3 Å². The molecule has 0 fully saturated rings. The number of benzene rings is 2. The van der Waals surface area contributed by atoms with Crippen molar-refractivity contribution < 1.29 is 9.53 Å². The normalized spacial score (nSPS) is 12.3. The van der Waals surface area contributed by atoms with Crippen LogP contribution in [0.1, 0.15) is 18.1 Å². The van der Waals surface area contributed by atoms with Gasteiger partial charge in [-0.05, 0) is 30.2 Å². The molecule has 4 heteroatoms. The maximum absolute atomic E-state index is 12.1. The first-order chi connectivity index (χ1) is 10.7. The molecular weight excluding hydrogens is 298 g/mol. The highest BCUT2D eigenvalue weighted by molar-refractivity contribution is 6.30. The lowest BCUT2D eigenvalue weighted by atomic mass is 10.1. The Bertz CT molecular complexity index is 623. The average molecular weight is 316 g/mol. The van der Waals surface area contributed by atoms with E-state index < -0.39 is 6.04 Å². The molecule has 0 aliphatic carbocycles. The molecule has 2 rings (SSSR count). The number of ether oxygens (including phenoxy) is 1. The van der Waals surface area contributed by atoms with Gasteiger partial charge in [-0.2, -0.15) is 0 Å². The SMILES string of the molecule is CCOC(=O)[C@H](Cc1ccccc1)N=Cc1ccc(Cl)cc1. The third kappa shape index (κ3) is 5.01. The maximum Gasteiger partial charge on any atom is 0.331 e. The van der Waals surface area contributed by atoms with Gasteiger partial charge in [0, 0.05) is 17.7 Å². The molecular formula is C18H18ClNO2. The van der Waals surface area contributed by atoms with Gasteiger partial charge < -0.3 is 4.74 Å². The highest BCUT2D eigenvalue weighted by atomic mass is 35.5. The molecule has 0 amide bonds. The standard InChI is InChI=1S/C18H18ClNO2/c1-2-22-18(21)17(12-14-6-4-3-5-7-14)20-13-15-8-10-16(19)11-9-15/h3-11,13,17H,2,12H2,1H3/t17-/m0/s1. The number of aliphatic imine (C=N–C) groups is 1. The summed E-state index contributed by atoms with van der Waals surface area (Å²) in [4.78, 5) is 16.5. The van der Waals surface area contributed by atoms with Gasteiger partial charge in [-0.25, -0.2) is 4.79 Å². The van der Waals surface area contributed by atoms with Crippen molar-refractivity contribution in [2.24, 2.45) is 4.99 Å². The van der Waals surface area contributed by atoms with Crippen molar-refractivity contribution in [3.05, 3.63) is 70.7 Å². The van der Waals surface area contributed by atoms with Crippen LogP contribution in [0.5, 0.6) is 0 Å². The molecule has 0 radical (unpaired) electrons. The van der Waals surface area contributed by atoms with Gasteiger partial charge in [-0.3, -0.25) is 4.99 Å². The molecule has 114 valence electrons. The molecule has 3 nitrogen and oxygen atoms in total. The Hall–Kier alpha value is -2.13. The number of hydrogen-bond acceptors (Lipinski definition) is 3. The zero-order valence-electron chi connectivity index (χ0n) is 12.4.